The van der Waals surface area contributed by atoms with E-state index in [1.54, 1.807) is 0 Å². The number of nitrogens with one attached hydrogen (secondary N) is 2. The normalized spacial score (nSPS) is 18.0. The topological polar surface area (TPSA) is 87.9 Å². The Morgan fingerprint density at radius 2 is 2.13 bits per heavy atom. The number of rotatable bonds is 5. The maximum atomic E-state index is 12.2. The van der Waals surface area contributed by atoms with Gasteiger partial charge in [0, 0.05) is 13.8 Å². The van der Waals surface area contributed by atoms with Crippen LogP contribution in [0.25, 0.3) is 0 Å². The van der Waals surface area contributed by atoms with Crippen molar-refractivity contribution in [1.82, 2.24) is 15.6 Å². The summed E-state index contributed by atoms with van der Waals surface area (Å²) in [6.07, 6.45) is 0.0464. The molecule has 1 saturated heterocycles. The zero-order valence-corrected chi connectivity index (χ0v) is 13.6. The van der Waals surface area contributed by atoms with Crippen LogP contribution in [0.3, 0.4) is 0 Å². The van der Waals surface area contributed by atoms with Crippen molar-refractivity contribution in [1.29, 1.82) is 0 Å². The molecule has 1 aliphatic rings. The van der Waals surface area contributed by atoms with Gasteiger partial charge in [-0.15, -0.1) is 5.01 Å². The molecule has 2 rings (SSSR count). The predicted molar refractivity (Wildman–Crippen MR) is 85.3 cm³/mol. The fourth-order valence-corrected chi connectivity index (χ4v) is 2.26. The highest BCUT2D eigenvalue weighted by Crippen LogP contribution is 2.14. The van der Waals surface area contributed by atoms with Crippen molar-refractivity contribution in [3.05, 3.63) is 35.9 Å². The molecule has 23 heavy (non-hydrogen) atoms. The van der Waals surface area contributed by atoms with Gasteiger partial charge in [-0.25, -0.2) is 0 Å². The van der Waals surface area contributed by atoms with Crippen molar-refractivity contribution in [2.45, 2.75) is 39.3 Å². The van der Waals surface area contributed by atoms with Crippen LogP contribution in [-0.2, 0) is 9.59 Å². The second-order valence-electron chi connectivity index (χ2n) is 5.70. The van der Waals surface area contributed by atoms with Crippen molar-refractivity contribution in [2.24, 2.45) is 5.22 Å². The molecule has 2 unspecified atom stereocenters. The summed E-state index contributed by atoms with van der Waals surface area (Å²) in [6, 6.07) is 8.94. The molecule has 0 aromatic heterocycles. The quantitative estimate of drug-likeness (QED) is 0.484. The van der Waals surface area contributed by atoms with Gasteiger partial charge < -0.3 is 10.6 Å². The molecule has 0 aliphatic carbocycles. The van der Waals surface area contributed by atoms with Crippen LogP contribution >= 0.6 is 0 Å². The first-order chi connectivity index (χ1) is 11.0. The third-order valence-corrected chi connectivity index (χ3v) is 3.49. The van der Waals surface area contributed by atoms with Gasteiger partial charge in [0.2, 0.25) is 17.7 Å². The zero-order valence-electron chi connectivity index (χ0n) is 13.6. The lowest BCUT2D eigenvalue weighted by molar-refractivity contribution is -0.152. The van der Waals surface area contributed by atoms with Gasteiger partial charge in [0.15, 0.2) is 11.9 Å². The maximum absolute atomic E-state index is 12.2. The van der Waals surface area contributed by atoms with Crippen molar-refractivity contribution < 1.29 is 14.4 Å². The molecule has 7 heteroatoms. The van der Waals surface area contributed by atoms with Gasteiger partial charge in [0.1, 0.15) is 0 Å². The minimum atomic E-state index is -0.624. The second-order valence-corrected chi connectivity index (χ2v) is 5.70. The number of hydrogen-bond donors (Lipinski definition) is 2. The van der Waals surface area contributed by atoms with Crippen LogP contribution in [0.4, 0.5) is 0 Å². The first kappa shape index (κ1) is 16.7. The Morgan fingerprint density at radius 1 is 1.43 bits per heavy atom. The minimum absolute atomic E-state index is 0.0464. The Bertz CT molecular complexity index is 633. The molecule has 1 aliphatic heterocycles. The highest BCUT2D eigenvalue weighted by molar-refractivity contribution is 5.89. The molecular formula is C16H22N5O2+. The Kier molecular flexibility index (Phi) is 5.49. The number of carbonyl (C=O) groups is 2. The van der Waals surface area contributed by atoms with Crippen molar-refractivity contribution in [3.8, 4) is 0 Å². The molecule has 1 fully saturated rings. The van der Waals surface area contributed by atoms with E-state index in [-0.39, 0.29) is 30.9 Å². The molecule has 7 nitrogen and oxygen atoms in total. The maximum Gasteiger partial charge on any atom is 0.270 e. The van der Waals surface area contributed by atoms with Crippen LogP contribution < -0.4 is 10.6 Å². The third kappa shape index (κ3) is 4.66. The summed E-state index contributed by atoms with van der Waals surface area (Å²) in [6.45, 7) is 5.81. The number of nitrogens with zero attached hydrogens (tertiary/aromatic N) is 3. The summed E-state index contributed by atoms with van der Waals surface area (Å²) in [5.41, 5.74) is 1.80. The fourth-order valence-electron chi connectivity index (χ4n) is 2.26. The van der Waals surface area contributed by atoms with E-state index in [9.17, 15) is 9.59 Å². The van der Waals surface area contributed by atoms with Crippen LogP contribution in [0.2, 0.25) is 0 Å². The van der Waals surface area contributed by atoms with Crippen LogP contribution in [0.15, 0.2) is 35.6 Å². The molecule has 1 aromatic rings. The van der Waals surface area contributed by atoms with Gasteiger partial charge in [0.25, 0.3) is 5.91 Å². The molecule has 0 bridgehead atoms. The number of benzene rings is 1. The minimum Gasteiger partial charge on any atom is -0.349 e. The van der Waals surface area contributed by atoms with E-state index in [0.717, 1.165) is 11.3 Å². The molecule has 1 heterocycles. The zero-order chi connectivity index (χ0) is 16.8. The van der Waals surface area contributed by atoms with Crippen molar-refractivity contribution in [3.63, 3.8) is 0 Å². The van der Waals surface area contributed by atoms with E-state index in [0.29, 0.717) is 0 Å². The van der Waals surface area contributed by atoms with Crippen LogP contribution in [0.1, 0.15) is 38.8 Å². The van der Waals surface area contributed by atoms with Gasteiger partial charge in [-0.1, -0.05) is 35.1 Å². The Morgan fingerprint density at radius 3 is 2.78 bits per heavy atom. The molecule has 0 spiro atoms. The first-order valence-corrected chi connectivity index (χ1v) is 7.58. The average Bonchev–Trinajstić information content (AvgIpc) is 2.86. The van der Waals surface area contributed by atoms with Gasteiger partial charge >= 0.3 is 0 Å². The largest absolute Gasteiger partial charge is 0.349 e. The predicted octanol–water partition coefficient (Wildman–Crippen LogP) is 1.07. The monoisotopic (exact) mass is 316 g/mol. The molecule has 0 saturated carbocycles. The summed E-state index contributed by atoms with van der Waals surface area (Å²) in [7, 11) is 0. The molecule has 2 atom stereocenters. The fraction of sp³-hybridized carbons (Fsp3) is 0.438. The van der Waals surface area contributed by atoms with Gasteiger partial charge in [-0.2, -0.15) is 0 Å². The van der Waals surface area contributed by atoms with E-state index >= 15 is 0 Å². The van der Waals surface area contributed by atoms with E-state index in [1.165, 1.54) is 5.01 Å². The Labute approximate surface area is 135 Å². The summed E-state index contributed by atoms with van der Waals surface area (Å²) in [5.74, 6) is -0.402. The smallest absolute Gasteiger partial charge is 0.270 e. The molecule has 1 aromatic carbocycles. The van der Waals surface area contributed by atoms with Crippen molar-refractivity contribution in [2.75, 3.05) is 6.67 Å². The lowest BCUT2D eigenvalue weighted by Crippen LogP contribution is -2.37. The van der Waals surface area contributed by atoms with E-state index < -0.39 is 6.04 Å². The number of carbonyl (C=O) groups excluding carboxylic acids is 2. The van der Waals surface area contributed by atoms with Gasteiger partial charge in [-0.3, -0.25) is 9.59 Å². The van der Waals surface area contributed by atoms with Gasteiger partial charge in [-0.05, 0) is 12.5 Å². The van der Waals surface area contributed by atoms with Crippen LogP contribution in [-0.4, -0.2) is 40.0 Å². The Balaban J connectivity index is 1.98. The standard InChI is InChI=1S/C16H21N5O2/c1-11(2)19-20-21-10-17-16(23)14(21)9-15(22)18-12(3)13-7-5-4-6-8-13/h4-8,12,14H,9-10H2,1-3H3,(H-,17,18,22,23)/p+1. The van der Waals surface area contributed by atoms with Crippen LogP contribution in [0, 0.1) is 0 Å². The van der Waals surface area contributed by atoms with E-state index in [4.69, 9.17) is 0 Å². The third-order valence-electron chi connectivity index (χ3n) is 3.49. The lowest BCUT2D eigenvalue weighted by atomic mass is 10.1. The molecular weight excluding hydrogens is 294 g/mol. The highest BCUT2D eigenvalue weighted by Gasteiger charge is 2.40. The molecule has 122 valence electrons. The summed E-state index contributed by atoms with van der Waals surface area (Å²) in [5, 5.41) is 11.1. The Hall–Kier alpha value is -2.66. The van der Waals surface area contributed by atoms with Crippen molar-refractivity contribution >= 4 is 17.5 Å². The SMILES string of the molecule is CC(C)=[N+]=NN1CNC(=O)C1CC(=O)NC(C)c1ccccc1. The molecule has 0 radical (unpaired) electrons. The highest BCUT2D eigenvalue weighted by atomic mass is 16.2. The summed E-state index contributed by atoms with van der Waals surface area (Å²) in [4.78, 5) is 28.0. The number of hydrogen-bond acceptors (Lipinski definition) is 3. The lowest BCUT2D eigenvalue weighted by Gasteiger charge is -2.15. The summed E-state index contributed by atoms with van der Waals surface area (Å²) < 4.78 is 0. The first-order valence-electron chi connectivity index (χ1n) is 7.58. The molecule has 2 N–H and O–H groups in total. The van der Waals surface area contributed by atoms with E-state index in [2.05, 4.69) is 20.6 Å². The second kappa shape index (κ2) is 7.56. The molecule has 2 amide bonds. The van der Waals surface area contributed by atoms with Gasteiger partial charge in [0.05, 0.1) is 12.5 Å². The average molecular weight is 316 g/mol. The van der Waals surface area contributed by atoms with Crippen LogP contribution in [0.5, 0.6) is 0 Å². The van der Waals surface area contributed by atoms with E-state index in [1.807, 2.05) is 51.1 Å². The number of amides is 2. The summed E-state index contributed by atoms with van der Waals surface area (Å²) >= 11 is 0.